The number of Topliss-reactive ketones (excluding diaryl/α,β-unsaturated/α-hetero) is 2. The van der Waals surface area contributed by atoms with Gasteiger partial charge in [0.2, 0.25) is 11.8 Å². The lowest BCUT2D eigenvalue weighted by atomic mass is 9.71. The number of aromatic nitrogens is 2. The summed E-state index contributed by atoms with van der Waals surface area (Å²) >= 11 is 0. The molecule has 2 aliphatic carbocycles. The molecular weight excluding hydrogens is 871 g/mol. The van der Waals surface area contributed by atoms with E-state index in [-0.39, 0.29) is 40.9 Å². The lowest BCUT2D eigenvalue weighted by Crippen LogP contribution is -2.40. The Balaban J connectivity index is 0.000000172. The molecular formula is C52H53N5O11. The number of allylic oxidation sites excluding steroid dienone is 2. The number of aromatic hydroxyl groups is 1. The minimum Gasteiger partial charge on any atom is -0.507 e. The predicted molar refractivity (Wildman–Crippen MR) is 253 cm³/mol. The average molecular weight is 924 g/mol. The van der Waals surface area contributed by atoms with Gasteiger partial charge in [0, 0.05) is 91.9 Å². The summed E-state index contributed by atoms with van der Waals surface area (Å²) in [5.41, 5.74) is 2.99. The molecule has 0 spiro atoms. The van der Waals surface area contributed by atoms with Gasteiger partial charge in [0.05, 0.1) is 22.3 Å². The van der Waals surface area contributed by atoms with Crippen LogP contribution in [0.4, 0.5) is 10.5 Å². The third kappa shape index (κ3) is 12.9. The molecule has 68 heavy (non-hydrogen) atoms. The Bertz CT molecular complexity index is 2650. The highest BCUT2D eigenvalue weighted by Gasteiger charge is 2.40. The van der Waals surface area contributed by atoms with Crippen molar-refractivity contribution in [2.45, 2.75) is 58.2 Å². The van der Waals surface area contributed by atoms with Crippen molar-refractivity contribution in [3.05, 3.63) is 172 Å². The van der Waals surface area contributed by atoms with Gasteiger partial charge in [-0.15, -0.1) is 0 Å². The van der Waals surface area contributed by atoms with Gasteiger partial charge in [-0.05, 0) is 63.0 Å². The van der Waals surface area contributed by atoms with Crippen LogP contribution in [0.25, 0.3) is 12.2 Å². The molecule has 0 saturated carbocycles. The van der Waals surface area contributed by atoms with Gasteiger partial charge in [-0.3, -0.25) is 29.3 Å². The molecule has 1 N–H and O–H groups in total. The van der Waals surface area contributed by atoms with Crippen molar-refractivity contribution in [1.82, 2.24) is 19.4 Å². The fourth-order valence-electron chi connectivity index (χ4n) is 7.90. The fraction of sp³-hybridized carbons (Fsp3) is 0.288. The maximum atomic E-state index is 12.8. The predicted octanol–water partition coefficient (Wildman–Crippen LogP) is 8.20. The molecule has 3 unspecified atom stereocenters. The van der Waals surface area contributed by atoms with Crippen LogP contribution in [0.3, 0.4) is 0 Å². The molecule has 16 nitrogen and oxygen atoms in total. The second kappa shape index (κ2) is 23.4. The number of carbonyl (C=O) groups excluding carboxylic acids is 6. The number of nitrogens with zero attached hydrogens (tertiary/aromatic N) is 5. The van der Waals surface area contributed by atoms with Crippen LogP contribution in [0.2, 0.25) is 0 Å². The van der Waals surface area contributed by atoms with Gasteiger partial charge < -0.3 is 24.4 Å². The maximum absolute atomic E-state index is 12.8. The fourth-order valence-corrected chi connectivity index (χ4v) is 7.90. The first-order valence-corrected chi connectivity index (χ1v) is 22.3. The topological polar surface area (TPSA) is 209 Å². The van der Waals surface area contributed by atoms with Crippen molar-refractivity contribution in [2.24, 2.45) is 11.8 Å². The monoisotopic (exact) mass is 923 g/mol. The minimum absolute atomic E-state index is 0.0351. The van der Waals surface area contributed by atoms with Gasteiger partial charge in [-0.2, -0.15) is 0 Å². The van der Waals surface area contributed by atoms with Crippen molar-refractivity contribution >= 4 is 53.3 Å². The highest BCUT2D eigenvalue weighted by molar-refractivity contribution is 6.17. The number of phenols is 1. The number of hydrogen-bond acceptors (Lipinski definition) is 12. The van der Waals surface area contributed by atoms with E-state index >= 15 is 0 Å². The van der Waals surface area contributed by atoms with Crippen LogP contribution in [-0.4, -0.2) is 103 Å². The molecule has 1 aromatic heterocycles. The number of fused-ring (bicyclic) bond motifs is 2. The minimum atomic E-state index is -0.563. The summed E-state index contributed by atoms with van der Waals surface area (Å²) in [7, 11) is 0. The van der Waals surface area contributed by atoms with Crippen LogP contribution in [0.1, 0.15) is 77.8 Å². The van der Waals surface area contributed by atoms with Crippen LogP contribution in [0.5, 0.6) is 5.75 Å². The van der Waals surface area contributed by atoms with E-state index < -0.39 is 34.9 Å². The second-order valence-corrected chi connectivity index (χ2v) is 16.5. The number of para-hydroxylation sites is 2. The van der Waals surface area contributed by atoms with Gasteiger partial charge in [-0.1, -0.05) is 79.4 Å². The Hall–Kier alpha value is -8.01. The molecule has 16 heteroatoms. The van der Waals surface area contributed by atoms with E-state index in [1.807, 2.05) is 11.0 Å². The Morgan fingerprint density at radius 3 is 2.00 bits per heavy atom. The number of phenolic OH excluding ortho intramolecular Hbond substituents is 1. The number of ketones is 2. The second-order valence-electron chi connectivity index (χ2n) is 16.5. The Morgan fingerprint density at radius 1 is 0.824 bits per heavy atom. The quantitative estimate of drug-likeness (QED) is 0.0729. The zero-order valence-electron chi connectivity index (χ0n) is 37.8. The number of nitro benzene ring substituents is 1. The van der Waals surface area contributed by atoms with E-state index in [1.165, 1.54) is 47.9 Å². The number of imidazole rings is 1. The smallest absolute Gasteiger partial charge is 0.419 e. The van der Waals surface area contributed by atoms with E-state index in [0.29, 0.717) is 59.3 Å². The number of likely N-dealkylation sites (tertiary alicyclic amines) is 2. The maximum Gasteiger partial charge on any atom is 0.419 e. The number of ether oxygens (including phenoxy) is 2. The highest BCUT2D eigenvalue weighted by atomic mass is 16.6. The largest absolute Gasteiger partial charge is 0.507 e. The number of amides is 2. The molecule has 3 atom stereocenters. The van der Waals surface area contributed by atoms with Crippen molar-refractivity contribution < 1.29 is 48.3 Å². The third-order valence-electron chi connectivity index (χ3n) is 11.7. The number of benzene rings is 3. The van der Waals surface area contributed by atoms with Gasteiger partial charge in [-0.25, -0.2) is 19.1 Å². The van der Waals surface area contributed by atoms with Crippen molar-refractivity contribution in [2.75, 3.05) is 26.2 Å². The molecule has 352 valence electrons. The Labute approximate surface area is 393 Å². The first kappa shape index (κ1) is 49.4. The Kier molecular flexibility index (Phi) is 17.0. The molecule has 2 amide bonds. The van der Waals surface area contributed by atoms with E-state index in [1.54, 1.807) is 110 Å². The van der Waals surface area contributed by atoms with Crippen molar-refractivity contribution in [3.8, 4) is 5.75 Å². The van der Waals surface area contributed by atoms with Crippen molar-refractivity contribution in [3.63, 3.8) is 0 Å². The van der Waals surface area contributed by atoms with Gasteiger partial charge in [0.25, 0.3) is 5.69 Å². The summed E-state index contributed by atoms with van der Waals surface area (Å²) in [4.78, 5) is 90.9. The number of nitro groups is 1. The van der Waals surface area contributed by atoms with Crippen LogP contribution in [-0.2, 0) is 23.9 Å². The first-order valence-electron chi connectivity index (χ1n) is 22.3. The molecule has 4 aliphatic rings. The van der Waals surface area contributed by atoms with Crippen molar-refractivity contribution in [1.29, 1.82) is 0 Å². The van der Waals surface area contributed by atoms with E-state index in [9.17, 15) is 44.0 Å². The first-order chi connectivity index (χ1) is 32.7. The van der Waals surface area contributed by atoms with Crippen LogP contribution >= 0.6 is 0 Å². The number of hydrogen-bond donors (Lipinski definition) is 1. The van der Waals surface area contributed by atoms with Crippen LogP contribution in [0, 0.1) is 22.0 Å². The lowest BCUT2D eigenvalue weighted by Gasteiger charge is -2.31. The van der Waals surface area contributed by atoms with E-state index in [2.05, 4.69) is 11.6 Å². The standard InChI is InChI=1S/C20H16N2O4.C18H20N2O5.C14H17NO2/c1-12(26-20(25)22-9-8-21-11-22)13-6-7-16-17(10-13)19(24)15-5-3-2-4-14(15)18(16)23;1-13(2)18(22)25-15-9-11-19(12-10-15)17(21)8-7-14-5-3-4-6-16(14)20(23)24;16-13-7-3-2-6-12(13)8-9-14(17)15-10-4-1-5-11-15/h2-12,16-17H,1H3;3-8,15H,1,9-12H2,2H3;2-3,6-9,16H,1,4-5,10-11H2/b;8-7+;9-8+. The zero-order chi connectivity index (χ0) is 48.7. The van der Waals surface area contributed by atoms with Crippen LogP contribution in [0.15, 0.2) is 140 Å². The molecule has 3 aromatic carbocycles. The molecule has 3 heterocycles. The summed E-state index contributed by atoms with van der Waals surface area (Å²) < 4.78 is 11.9. The van der Waals surface area contributed by atoms with E-state index in [4.69, 9.17) is 9.47 Å². The Morgan fingerprint density at radius 2 is 1.40 bits per heavy atom. The third-order valence-corrected chi connectivity index (χ3v) is 11.7. The SMILES string of the molecule is C=C(C)C(=O)OC1CCN(C(=O)/C=C/c2ccccc2[N+](=O)[O-])CC1.CC(OC(=O)n1ccnc1)C1=CC2C(=O)c3ccccc3C(=O)C2C=C1.O=C(/C=C/c1ccccc1O)N1CCCCC1. The normalized spacial score (nSPS) is 18.2. The average Bonchev–Trinajstić information content (AvgIpc) is 3.91. The molecule has 2 fully saturated rings. The van der Waals surface area contributed by atoms with Gasteiger partial charge in [0.1, 0.15) is 24.3 Å². The van der Waals surface area contributed by atoms with Gasteiger partial charge in [0.15, 0.2) is 11.6 Å². The van der Waals surface area contributed by atoms with Crippen LogP contribution < -0.4 is 0 Å². The lowest BCUT2D eigenvalue weighted by molar-refractivity contribution is -0.385. The highest BCUT2D eigenvalue weighted by Crippen LogP contribution is 2.36. The zero-order valence-corrected chi connectivity index (χ0v) is 37.8. The molecule has 0 radical (unpaired) electrons. The summed E-state index contributed by atoms with van der Waals surface area (Å²) in [5, 5.41) is 20.5. The van der Waals surface area contributed by atoms with E-state index in [0.717, 1.165) is 25.9 Å². The summed E-state index contributed by atoms with van der Waals surface area (Å²) in [6.45, 7) is 9.50. The molecule has 4 aromatic rings. The number of rotatable bonds is 9. The summed E-state index contributed by atoms with van der Waals surface area (Å²) in [6.07, 6.45) is 18.8. The number of piperidine rings is 2. The molecule has 2 saturated heterocycles. The molecule has 8 rings (SSSR count). The summed E-state index contributed by atoms with van der Waals surface area (Å²) in [6, 6.07) is 20.1. The molecule has 0 bridgehead atoms. The number of esters is 1. The number of carbonyl (C=O) groups is 6. The molecule has 2 aliphatic heterocycles. The van der Waals surface area contributed by atoms with Gasteiger partial charge >= 0.3 is 12.1 Å². The summed E-state index contributed by atoms with van der Waals surface area (Å²) in [5.74, 6) is -1.60.